The summed E-state index contributed by atoms with van der Waals surface area (Å²) < 4.78 is 5.44. The topological polar surface area (TPSA) is 72.0 Å². The highest BCUT2D eigenvalue weighted by atomic mass is 16.5. The van der Waals surface area contributed by atoms with Crippen molar-refractivity contribution in [2.24, 2.45) is 0 Å². The molecule has 3 N–H and O–H groups in total. The highest BCUT2D eigenvalue weighted by Gasteiger charge is 2.56. The second kappa shape index (κ2) is 5.76. The van der Waals surface area contributed by atoms with Gasteiger partial charge in [-0.3, -0.25) is 4.79 Å². The maximum Gasteiger partial charge on any atom is 0.365 e. The Morgan fingerprint density at radius 1 is 1.17 bits per heavy atom. The molecule has 0 radical (unpaired) electrons. The van der Waals surface area contributed by atoms with Crippen molar-refractivity contribution < 1.29 is 19.6 Å². The molecule has 1 fully saturated rings. The van der Waals surface area contributed by atoms with Crippen LogP contribution in [0.15, 0.2) is 54.6 Å². The number of hydrogen-bond donors (Lipinski definition) is 2. The number of carbonyl (C=O) groups excluding carboxylic acids is 2. The first-order valence-electron chi connectivity index (χ1n) is 8.14. The van der Waals surface area contributed by atoms with Gasteiger partial charge < -0.3 is 15.4 Å². The van der Waals surface area contributed by atoms with E-state index in [0.717, 1.165) is 16.8 Å². The van der Waals surface area contributed by atoms with Crippen LogP contribution in [0.4, 0.5) is 5.69 Å². The summed E-state index contributed by atoms with van der Waals surface area (Å²) in [5.74, 6) is -0.272. The van der Waals surface area contributed by atoms with Crippen LogP contribution in [0, 0.1) is 0 Å². The largest absolute Gasteiger partial charge is 0.456 e. The van der Waals surface area contributed by atoms with Gasteiger partial charge in [0.15, 0.2) is 6.04 Å². The highest BCUT2D eigenvalue weighted by molar-refractivity contribution is 6.06. The van der Waals surface area contributed by atoms with E-state index in [2.05, 4.69) is 5.32 Å². The van der Waals surface area contributed by atoms with Crippen molar-refractivity contribution in [3.8, 4) is 0 Å². The molecule has 0 saturated carbocycles. The fourth-order valence-electron chi connectivity index (χ4n) is 3.68. The number of nitrogens with two attached hydrogens (primary N) is 1. The number of anilines is 1. The van der Waals surface area contributed by atoms with Gasteiger partial charge in [0.1, 0.15) is 12.0 Å². The van der Waals surface area contributed by atoms with E-state index in [1.807, 2.05) is 59.9 Å². The van der Waals surface area contributed by atoms with E-state index in [9.17, 15) is 9.59 Å². The van der Waals surface area contributed by atoms with Gasteiger partial charge in [0.05, 0.1) is 6.54 Å². The van der Waals surface area contributed by atoms with Crippen LogP contribution in [0.1, 0.15) is 17.5 Å². The number of benzene rings is 2. The number of hydrogen-bond acceptors (Lipinski definition) is 3. The van der Waals surface area contributed by atoms with Crippen LogP contribution in [-0.4, -0.2) is 24.5 Å². The fraction of sp³-hybridized carbons (Fsp3) is 0.263. The molecule has 122 valence electrons. The Hall–Kier alpha value is -2.66. The number of amides is 1. The van der Waals surface area contributed by atoms with Crippen molar-refractivity contribution in [2.75, 3.05) is 11.9 Å². The SMILES string of the molecule is O=C(OCc1ccccc1)[C@H]1C[C@]2(C[NH2+]1)C(=O)Nc1ccccc12. The van der Waals surface area contributed by atoms with Gasteiger partial charge in [-0.2, -0.15) is 0 Å². The Morgan fingerprint density at radius 2 is 1.92 bits per heavy atom. The third-order valence-corrected chi connectivity index (χ3v) is 4.97. The maximum atomic E-state index is 12.5. The molecule has 5 nitrogen and oxygen atoms in total. The number of fused-ring (bicyclic) bond motifs is 2. The number of nitrogens with one attached hydrogen (secondary N) is 1. The lowest BCUT2D eigenvalue weighted by Crippen LogP contribution is -2.89. The summed E-state index contributed by atoms with van der Waals surface area (Å²) in [6, 6.07) is 17.0. The quantitative estimate of drug-likeness (QED) is 0.826. The van der Waals surface area contributed by atoms with Gasteiger partial charge in [0, 0.05) is 12.1 Å². The third-order valence-electron chi connectivity index (χ3n) is 4.97. The van der Waals surface area contributed by atoms with Gasteiger partial charge in [0.2, 0.25) is 5.91 Å². The molecule has 2 aliphatic heterocycles. The van der Waals surface area contributed by atoms with Gasteiger partial charge in [-0.05, 0) is 17.2 Å². The molecular formula is C19H19N2O3+. The summed E-state index contributed by atoms with van der Waals surface area (Å²) in [6.45, 7) is 0.834. The molecule has 2 aromatic rings. The van der Waals surface area contributed by atoms with Gasteiger partial charge in [-0.15, -0.1) is 0 Å². The molecular weight excluding hydrogens is 304 g/mol. The van der Waals surface area contributed by atoms with Gasteiger partial charge in [-0.25, -0.2) is 4.79 Å². The Morgan fingerprint density at radius 3 is 2.75 bits per heavy atom. The van der Waals surface area contributed by atoms with Crippen molar-refractivity contribution in [3.05, 3.63) is 65.7 Å². The molecule has 2 heterocycles. The van der Waals surface area contributed by atoms with Crippen LogP contribution >= 0.6 is 0 Å². The van der Waals surface area contributed by atoms with E-state index >= 15 is 0 Å². The van der Waals surface area contributed by atoms with Crippen LogP contribution in [-0.2, 0) is 26.3 Å². The smallest absolute Gasteiger partial charge is 0.365 e. The molecule has 0 unspecified atom stereocenters. The normalized spacial score (nSPS) is 24.7. The number of para-hydroxylation sites is 1. The fourth-order valence-corrected chi connectivity index (χ4v) is 3.68. The first-order chi connectivity index (χ1) is 11.7. The average Bonchev–Trinajstić information content (AvgIpc) is 3.18. The van der Waals surface area contributed by atoms with Crippen molar-refractivity contribution in [1.29, 1.82) is 0 Å². The predicted molar refractivity (Wildman–Crippen MR) is 88.2 cm³/mol. The van der Waals surface area contributed by atoms with Crippen LogP contribution in [0.2, 0.25) is 0 Å². The standard InChI is InChI=1S/C19H18N2O3/c22-17(24-11-13-6-2-1-3-7-13)16-10-19(12-20-16)14-8-4-5-9-15(14)21-18(19)23/h1-9,16,20H,10-12H2,(H,21,23)/p+1/t16-,19-/m1/s1. The van der Waals surface area contributed by atoms with Crippen molar-refractivity contribution in [3.63, 3.8) is 0 Å². The van der Waals surface area contributed by atoms with Crippen LogP contribution in [0.5, 0.6) is 0 Å². The lowest BCUT2D eigenvalue weighted by atomic mass is 9.79. The molecule has 1 spiro atoms. The summed E-state index contributed by atoms with van der Waals surface area (Å²) >= 11 is 0. The number of rotatable bonds is 3. The number of carbonyl (C=O) groups is 2. The van der Waals surface area contributed by atoms with E-state index in [4.69, 9.17) is 4.74 Å². The van der Waals surface area contributed by atoms with Gasteiger partial charge in [0.25, 0.3) is 0 Å². The molecule has 4 rings (SSSR count). The minimum atomic E-state index is -0.618. The number of esters is 1. The first kappa shape index (κ1) is 14.9. The Labute approximate surface area is 140 Å². The monoisotopic (exact) mass is 323 g/mol. The Kier molecular flexibility index (Phi) is 3.58. The van der Waals surface area contributed by atoms with E-state index in [1.54, 1.807) is 0 Å². The predicted octanol–water partition coefficient (Wildman–Crippen LogP) is 0.956. The van der Waals surface area contributed by atoms with E-state index in [1.165, 1.54) is 0 Å². The Balaban J connectivity index is 1.47. The van der Waals surface area contributed by atoms with E-state index in [0.29, 0.717) is 13.0 Å². The molecule has 1 amide bonds. The molecule has 24 heavy (non-hydrogen) atoms. The molecule has 5 heteroatoms. The number of ether oxygens (including phenoxy) is 1. The average molecular weight is 323 g/mol. The van der Waals surface area contributed by atoms with Crippen LogP contribution in [0.3, 0.4) is 0 Å². The zero-order valence-electron chi connectivity index (χ0n) is 13.2. The van der Waals surface area contributed by atoms with Crippen LogP contribution in [0.25, 0.3) is 0 Å². The van der Waals surface area contributed by atoms with Crippen molar-refractivity contribution in [2.45, 2.75) is 24.5 Å². The Bertz CT molecular complexity index is 790. The molecule has 0 aromatic heterocycles. The minimum absolute atomic E-state index is 0.0155. The van der Waals surface area contributed by atoms with Crippen molar-refractivity contribution >= 4 is 17.6 Å². The molecule has 2 aromatic carbocycles. The molecule has 1 saturated heterocycles. The zero-order chi connectivity index (χ0) is 16.6. The first-order valence-corrected chi connectivity index (χ1v) is 8.14. The molecule has 2 aliphatic rings. The highest BCUT2D eigenvalue weighted by Crippen LogP contribution is 2.41. The minimum Gasteiger partial charge on any atom is -0.456 e. The summed E-state index contributed by atoms with van der Waals surface area (Å²) in [4.78, 5) is 24.9. The molecule has 2 atom stereocenters. The van der Waals surface area contributed by atoms with Gasteiger partial charge >= 0.3 is 5.97 Å². The number of quaternary nitrogens is 1. The summed E-state index contributed by atoms with van der Waals surface area (Å²) in [7, 11) is 0. The van der Waals surface area contributed by atoms with E-state index in [-0.39, 0.29) is 24.5 Å². The van der Waals surface area contributed by atoms with Crippen molar-refractivity contribution in [1.82, 2.24) is 0 Å². The second-order valence-corrected chi connectivity index (χ2v) is 6.43. The third kappa shape index (κ3) is 2.37. The summed E-state index contributed by atoms with van der Waals surface area (Å²) in [5, 5.41) is 4.86. The second-order valence-electron chi connectivity index (χ2n) is 6.43. The zero-order valence-corrected chi connectivity index (χ0v) is 13.2. The van der Waals surface area contributed by atoms with Gasteiger partial charge in [-0.1, -0.05) is 48.5 Å². The lowest BCUT2D eigenvalue weighted by molar-refractivity contribution is -0.661. The van der Waals surface area contributed by atoms with E-state index < -0.39 is 5.41 Å². The summed E-state index contributed by atoms with van der Waals surface area (Å²) in [5.41, 5.74) is 2.19. The summed E-state index contributed by atoms with van der Waals surface area (Å²) in [6.07, 6.45) is 0.476. The van der Waals surface area contributed by atoms with Crippen LogP contribution < -0.4 is 10.6 Å². The lowest BCUT2D eigenvalue weighted by Gasteiger charge is -2.16. The molecule has 0 bridgehead atoms. The maximum absolute atomic E-state index is 12.5. The molecule has 0 aliphatic carbocycles.